The number of carbonyl (C=O) groups is 1. The molecular weight excluding hydrogens is 206 g/mol. The van der Waals surface area contributed by atoms with Crippen molar-refractivity contribution in [3.8, 4) is 0 Å². The van der Waals surface area contributed by atoms with E-state index in [4.69, 9.17) is 10.6 Å². The Morgan fingerprint density at radius 3 is 2.50 bits per heavy atom. The first kappa shape index (κ1) is 12.2. The molecule has 0 aliphatic rings. The molecule has 0 aliphatic heterocycles. The van der Waals surface area contributed by atoms with Crippen LogP contribution in [0.25, 0.3) is 10.4 Å². The molecular formula is C11H13N3O2. The molecule has 1 aromatic carbocycles. The third-order valence-electron chi connectivity index (χ3n) is 2.27. The Kier molecular flexibility index (Phi) is 4.51. The third-order valence-corrected chi connectivity index (χ3v) is 2.27. The Labute approximate surface area is 93.3 Å². The summed E-state index contributed by atoms with van der Waals surface area (Å²) in [4.78, 5) is 14.1. The van der Waals surface area contributed by atoms with E-state index in [0.717, 1.165) is 11.1 Å². The van der Waals surface area contributed by atoms with Crippen molar-refractivity contribution in [1.29, 1.82) is 0 Å². The second kappa shape index (κ2) is 5.90. The van der Waals surface area contributed by atoms with Gasteiger partial charge in [-0.05, 0) is 23.6 Å². The average Bonchev–Trinajstić information content (AvgIpc) is 2.30. The van der Waals surface area contributed by atoms with E-state index in [1.165, 1.54) is 0 Å². The van der Waals surface area contributed by atoms with Gasteiger partial charge in [-0.25, -0.2) is 0 Å². The smallest absolute Gasteiger partial charge is 0.145 e. The minimum Gasteiger partial charge on any atom is -0.392 e. The lowest BCUT2D eigenvalue weighted by molar-refractivity contribution is -0.119. The number of aliphatic hydroxyl groups excluding tert-OH is 1. The zero-order valence-electron chi connectivity index (χ0n) is 9.00. The van der Waals surface area contributed by atoms with Crippen LogP contribution in [0.15, 0.2) is 29.4 Å². The first-order valence-corrected chi connectivity index (χ1v) is 4.93. The standard InChI is InChI=1S/C11H13N3O2/c1-8(13-14-12)11(16)6-9-2-4-10(7-15)5-3-9/h2-5,8,15H,6-7H2,1H3/t8-/m0/s1. The first-order valence-electron chi connectivity index (χ1n) is 4.93. The lowest BCUT2D eigenvalue weighted by Gasteiger charge is -2.04. The number of hydrogen-bond acceptors (Lipinski definition) is 3. The van der Waals surface area contributed by atoms with Crippen LogP contribution >= 0.6 is 0 Å². The van der Waals surface area contributed by atoms with Crippen LogP contribution < -0.4 is 0 Å². The highest BCUT2D eigenvalue weighted by atomic mass is 16.3. The molecule has 1 aromatic rings. The van der Waals surface area contributed by atoms with E-state index >= 15 is 0 Å². The van der Waals surface area contributed by atoms with Crippen LogP contribution in [-0.2, 0) is 17.8 Å². The molecule has 0 bridgehead atoms. The summed E-state index contributed by atoms with van der Waals surface area (Å²) in [6, 6.07) is 6.46. The van der Waals surface area contributed by atoms with Gasteiger partial charge >= 0.3 is 0 Å². The van der Waals surface area contributed by atoms with E-state index in [2.05, 4.69) is 10.0 Å². The lowest BCUT2D eigenvalue weighted by Crippen LogP contribution is -2.16. The van der Waals surface area contributed by atoms with Crippen molar-refractivity contribution < 1.29 is 9.90 Å². The molecule has 16 heavy (non-hydrogen) atoms. The number of ketones is 1. The maximum Gasteiger partial charge on any atom is 0.145 e. The van der Waals surface area contributed by atoms with Crippen LogP contribution in [0.5, 0.6) is 0 Å². The van der Waals surface area contributed by atoms with Gasteiger partial charge in [-0.3, -0.25) is 4.79 Å². The average molecular weight is 219 g/mol. The molecule has 0 saturated carbocycles. The number of benzene rings is 1. The number of rotatable bonds is 5. The van der Waals surface area contributed by atoms with Gasteiger partial charge in [0.25, 0.3) is 0 Å². The summed E-state index contributed by atoms with van der Waals surface area (Å²) in [7, 11) is 0. The molecule has 1 atom stereocenters. The molecule has 0 fully saturated rings. The Balaban J connectivity index is 2.66. The Bertz CT molecular complexity index is 408. The predicted octanol–water partition coefficient (Wildman–Crippen LogP) is 1.99. The van der Waals surface area contributed by atoms with Crippen molar-refractivity contribution in [2.24, 2.45) is 5.11 Å². The van der Waals surface area contributed by atoms with Gasteiger partial charge in [-0.1, -0.05) is 29.4 Å². The fourth-order valence-corrected chi connectivity index (χ4v) is 1.25. The van der Waals surface area contributed by atoms with Crippen LogP contribution in [0.1, 0.15) is 18.1 Å². The van der Waals surface area contributed by atoms with Gasteiger partial charge in [0.15, 0.2) is 0 Å². The summed E-state index contributed by atoms with van der Waals surface area (Å²) >= 11 is 0. The molecule has 1 N–H and O–H groups in total. The monoisotopic (exact) mass is 219 g/mol. The highest BCUT2D eigenvalue weighted by Gasteiger charge is 2.11. The maximum absolute atomic E-state index is 11.5. The van der Waals surface area contributed by atoms with Crippen molar-refractivity contribution in [2.45, 2.75) is 26.0 Å². The van der Waals surface area contributed by atoms with Gasteiger partial charge in [0.05, 0.1) is 12.6 Å². The highest BCUT2D eigenvalue weighted by molar-refractivity contribution is 5.85. The lowest BCUT2D eigenvalue weighted by atomic mass is 10.0. The van der Waals surface area contributed by atoms with Crippen molar-refractivity contribution in [2.75, 3.05) is 0 Å². The fraction of sp³-hybridized carbons (Fsp3) is 0.364. The van der Waals surface area contributed by atoms with Crippen molar-refractivity contribution in [3.05, 3.63) is 45.8 Å². The number of Topliss-reactive ketones (excluding diaryl/α,β-unsaturated/α-hetero) is 1. The SMILES string of the molecule is C[C@H](N=[N+]=[N-])C(=O)Cc1ccc(CO)cc1. The van der Waals surface area contributed by atoms with Crippen LogP contribution in [0.4, 0.5) is 0 Å². The molecule has 0 aliphatic carbocycles. The van der Waals surface area contributed by atoms with E-state index in [0.29, 0.717) is 0 Å². The summed E-state index contributed by atoms with van der Waals surface area (Å²) in [5.74, 6) is -0.116. The van der Waals surface area contributed by atoms with Crippen LogP contribution in [0.3, 0.4) is 0 Å². The number of nitrogens with zero attached hydrogens (tertiary/aromatic N) is 3. The number of carbonyl (C=O) groups excluding carboxylic acids is 1. The molecule has 0 radical (unpaired) electrons. The minimum atomic E-state index is -0.637. The summed E-state index contributed by atoms with van der Waals surface area (Å²) in [6.45, 7) is 1.56. The quantitative estimate of drug-likeness (QED) is 0.466. The van der Waals surface area contributed by atoms with E-state index in [9.17, 15) is 4.79 Å². The summed E-state index contributed by atoms with van der Waals surface area (Å²) < 4.78 is 0. The summed E-state index contributed by atoms with van der Waals surface area (Å²) in [5.41, 5.74) is 9.85. The van der Waals surface area contributed by atoms with E-state index in [-0.39, 0.29) is 18.8 Å². The highest BCUT2D eigenvalue weighted by Crippen LogP contribution is 2.07. The zero-order valence-corrected chi connectivity index (χ0v) is 9.00. The molecule has 5 heteroatoms. The Morgan fingerprint density at radius 1 is 1.44 bits per heavy atom. The topological polar surface area (TPSA) is 86.1 Å². The molecule has 0 aromatic heterocycles. The molecule has 5 nitrogen and oxygen atoms in total. The van der Waals surface area contributed by atoms with E-state index in [1.54, 1.807) is 31.2 Å². The number of hydrogen-bond donors (Lipinski definition) is 1. The van der Waals surface area contributed by atoms with Crippen LogP contribution in [0, 0.1) is 0 Å². The van der Waals surface area contributed by atoms with E-state index in [1.807, 2.05) is 0 Å². The molecule has 0 amide bonds. The second-order valence-corrected chi connectivity index (χ2v) is 3.50. The molecule has 0 spiro atoms. The number of azide groups is 1. The molecule has 84 valence electrons. The zero-order chi connectivity index (χ0) is 12.0. The van der Waals surface area contributed by atoms with Gasteiger partial charge in [-0.15, -0.1) is 0 Å². The van der Waals surface area contributed by atoms with Gasteiger partial charge in [0.2, 0.25) is 0 Å². The Hall–Kier alpha value is -1.84. The summed E-state index contributed by atoms with van der Waals surface area (Å²) in [6.07, 6.45) is 0.242. The summed E-state index contributed by atoms with van der Waals surface area (Å²) in [5, 5.41) is 12.2. The second-order valence-electron chi connectivity index (χ2n) is 3.50. The number of aliphatic hydroxyl groups is 1. The minimum absolute atomic E-state index is 0.0106. The van der Waals surface area contributed by atoms with Gasteiger partial charge < -0.3 is 5.11 Å². The van der Waals surface area contributed by atoms with Gasteiger partial charge in [0, 0.05) is 11.3 Å². The van der Waals surface area contributed by atoms with Gasteiger partial charge in [0.1, 0.15) is 5.78 Å². The fourth-order valence-electron chi connectivity index (χ4n) is 1.25. The van der Waals surface area contributed by atoms with Crippen LogP contribution in [-0.4, -0.2) is 16.9 Å². The normalized spacial score (nSPS) is 11.6. The van der Waals surface area contributed by atoms with Crippen molar-refractivity contribution >= 4 is 5.78 Å². The maximum atomic E-state index is 11.5. The molecule has 0 heterocycles. The Morgan fingerprint density at radius 2 is 2.00 bits per heavy atom. The van der Waals surface area contributed by atoms with Gasteiger partial charge in [-0.2, -0.15) is 0 Å². The first-order chi connectivity index (χ1) is 7.67. The van der Waals surface area contributed by atoms with Crippen molar-refractivity contribution in [1.82, 2.24) is 0 Å². The predicted molar refractivity (Wildman–Crippen MR) is 59.7 cm³/mol. The molecule has 1 rings (SSSR count). The third kappa shape index (κ3) is 3.38. The van der Waals surface area contributed by atoms with Crippen LogP contribution in [0.2, 0.25) is 0 Å². The van der Waals surface area contributed by atoms with Crippen molar-refractivity contribution in [3.63, 3.8) is 0 Å². The molecule has 0 saturated heterocycles. The van der Waals surface area contributed by atoms with E-state index < -0.39 is 6.04 Å². The molecule has 0 unspecified atom stereocenters. The largest absolute Gasteiger partial charge is 0.392 e.